The molecule has 10 heteroatoms. The number of fused-ring (bicyclic) bond motifs is 1. The number of aromatic nitrogens is 1. The van der Waals surface area contributed by atoms with Gasteiger partial charge in [0.15, 0.2) is 0 Å². The molecule has 0 unspecified atom stereocenters. The first kappa shape index (κ1) is 23.4. The van der Waals surface area contributed by atoms with Crippen molar-refractivity contribution in [2.24, 2.45) is 0 Å². The summed E-state index contributed by atoms with van der Waals surface area (Å²) >= 11 is 0.783. The van der Waals surface area contributed by atoms with Crippen LogP contribution in [0.5, 0.6) is 0 Å². The highest BCUT2D eigenvalue weighted by Crippen LogP contribution is 2.35. The summed E-state index contributed by atoms with van der Waals surface area (Å²) < 4.78 is 17.1. The highest BCUT2D eigenvalue weighted by molar-refractivity contribution is 8.18. The Morgan fingerprint density at radius 3 is 2.68 bits per heavy atom. The van der Waals surface area contributed by atoms with Crippen molar-refractivity contribution in [2.45, 2.75) is 26.4 Å². The predicted molar refractivity (Wildman–Crippen MR) is 125 cm³/mol. The van der Waals surface area contributed by atoms with E-state index in [0.717, 1.165) is 33.1 Å². The van der Waals surface area contributed by atoms with Gasteiger partial charge in [-0.3, -0.25) is 14.5 Å². The second-order valence-electron chi connectivity index (χ2n) is 7.47. The summed E-state index contributed by atoms with van der Waals surface area (Å²) in [7, 11) is 1.28. The van der Waals surface area contributed by atoms with Crippen molar-refractivity contribution in [2.75, 3.05) is 13.7 Å². The smallest absolute Gasteiger partial charge is 0.373 e. The Morgan fingerprint density at radius 2 is 1.94 bits per heavy atom. The summed E-state index contributed by atoms with van der Waals surface area (Å²) in [6, 6.07) is 9.83. The van der Waals surface area contributed by atoms with E-state index in [-0.39, 0.29) is 17.3 Å². The standard InChI is InChI=1S/C24H22N2O7S/c1-4-32-22(28)14(2)26-21(27)20(34-24(26)30)11-15-12-25(18-8-6-5-7-17(15)18)13-16-9-10-19(33-16)23(29)31-3/h5-12,14H,4,13H2,1-3H3/b20-11+/t14-/m0/s1. The van der Waals surface area contributed by atoms with Gasteiger partial charge in [0, 0.05) is 22.7 Å². The van der Waals surface area contributed by atoms with Crippen molar-refractivity contribution < 1.29 is 33.1 Å². The first-order valence-electron chi connectivity index (χ1n) is 10.5. The number of ether oxygens (including phenoxy) is 2. The van der Waals surface area contributed by atoms with Crippen LogP contribution in [0.3, 0.4) is 0 Å². The second kappa shape index (κ2) is 9.60. The Labute approximate surface area is 199 Å². The Kier molecular flexibility index (Phi) is 6.60. The average Bonchev–Trinajstić information content (AvgIpc) is 3.51. The number of benzene rings is 1. The molecule has 0 aliphatic carbocycles. The molecule has 1 saturated heterocycles. The molecule has 0 bridgehead atoms. The van der Waals surface area contributed by atoms with Gasteiger partial charge in [-0.25, -0.2) is 9.59 Å². The number of carbonyl (C=O) groups excluding carboxylic acids is 4. The van der Waals surface area contributed by atoms with Crippen LogP contribution in [0.15, 0.2) is 51.9 Å². The molecule has 1 atom stereocenters. The van der Waals surface area contributed by atoms with E-state index >= 15 is 0 Å². The largest absolute Gasteiger partial charge is 0.464 e. The molecular weight excluding hydrogens is 460 g/mol. The fourth-order valence-electron chi connectivity index (χ4n) is 3.69. The maximum atomic E-state index is 12.9. The lowest BCUT2D eigenvalue weighted by Crippen LogP contribution is -2.42. The van der Waals surface area contributed by atoms with Crippen molar-refractivity contribution in [3.63, 3.8) is 0 Å². The number of hydrogen-bond acceptors (Lipinski definition) is 8. The van der Waals surface area contributed by atoms with E-state index in [1.165, 1.54) is 14.0 Å². The van der Waals surface area contributed by atoms with Crippen molar-refractivity contribution in [1.82, 2.24) is 9.47 Å². The lowest BCUT2D eigenvalue weighted by atomic mass is 10.1. The van der Waals surface area contributed by atoms with Crippen LogP contribution < -0.4 is 0 Å². The van der Waals surface area contributed by atoms with Gasteiger partial charge in [0.05, 0.1) is 25.2 Å². The van der Waals surface area contributed by atoms with Gasteiger partial charge in [-0.1, -0.05) is 18.2 Å². The third-order valence-electron chi connectivity index (χ3n) is 5.32. The van der Waals surface area contributed by atoms with Crippen LogP contribution in [-0.2, 0) is 25.6 Å². The fraction of sp³-hybridized carbons (Fsp3) is 0.250. The number of nitrogens with zero attached hydrogens (tertiary/aromatic N) is 2. The molecule has 1 aromatic carbocycles. The van der Waals surface area contributed by atoms with E-state index in [0.29, 0.717) is 12.3 Å². The minimum Gasteiger partial charge on any atom is -0.464 e. The van der Waals surface area contributed by atoms with Gasteiger partial charge >= 0.3 is 11.9 Å². The van der Waals surface area contributed by atoms with Crippen molar-refractivity contribution in [1.29, 1.82) is 0 Å². The van der Waals surface area contributed by atoms with Gasteiger partial charge in [0.1, 0.15) is 11.8 Å². The molecule has 0 spiro atoms. The number of furan rings is 1. The molecule has 3 aromatic rings. The number of amides is 2. The normalized spacial score (nSPS) is 15.9. The van der Waals surface area contributed by atoms with E-state index in [1.807, 2.05) is 35.0 Å². The van der Waals surface area contributed by atoms with E-state index in [4.69, 9.17) is 9.15 Å². The third-order valence-corrected chi connectivity index (χ3v) is 6.20. The van der Waals surface area contributed by atoms with Crippen LogP contribution >= 0.6 is 11.8 Å². The van der Waals surface area contributed by atoms with E-state index in [1.54, 1.807) is 25.1 Å². The maximum Gasteiger partial charge on any atom is 0.373 e. The zero-order valence-corrected chi connectivity index (χ0v) is 19.6. The third kappa shape index (κ3) is 4.36. The zero-order chi connectivity index (χ0) is 24.4. The summed E-state index contributed by atoms with van der Waals surface area (Å²) in [4.78, 5) is 50.3. The molecule has 1 aliphatic heterocycles. The molecule has 0 radical (unpaired) electrons. The van der Waals surface area contributed by atoms with Gasteiger partial charge in [-0.05, 0) is 49.9 Å². The molecule has 2 amide bonds. The maximum absolute atomic E-state index is 12.9. The number of hydrogen-bond donors (Lipinski definition) is 0. The van der Waals surface area contributed by atoms with Gasteiger partial charge in [0.2, 0.25) is 5.76 Å². The summed E-state index contributed by atoms with van der Waals surface area (Å²) in [5.41, 5.74) is 1.61. The topological polar surface area (TPSA) is 108 Å². The minimum absolute atomic E-state index is 0.110. The second-order valence-corrected chi connectivity index (χ2v) is 8.46. The summed E-state index contributed by atoms with van der Waals surface area (Å²) in [6.07, 6.45) is 3.48. The average molecular weight is 483 g/mol. The van der Waals surface area contributed by atoms with Crippen molar-refractivity contribution in [3.8, 4) is 0 Å². The van der Waals surface area contributed by atoms with E-state index < -0.39 is 29.1 Å². The lowest BCUT2D eigenvalue weighted by Gasteiger charge is -2.19. The zero-order valence-electron chi connectivity index (χ0n) is 18.8. The molecular formula is C24H22N2O7S. The highest BCUT2D eigenvalue weighted by Gasteiger charge is 2.41. The number of para-hydroxylation sites is 1. The Balaban J connectivity index is 1.65. The van der Waals surface area contributed by atoms with E-state index in [9.17, 15) is 19.2 Å². The van der Waals surface area contributed by atoms with Crippen molar-refractivity contribution >= 4 is 51.8 Å². The highest BCUT2D eigenvalue weighted by atomic mass is 32.2. The van der Waals surface area contributed by atoms with Gasteiger partial charge in [-0.15, -0.1) is 0 Å². The molecule has 0 saturated carbocycles. The minimum atomic E-state index is -1.01. The summed E-state index contributed by atoms with van der Waals surface area (Å²) in [5, 5.41) is 0.346. The summed E-state index contributed by atoms with van der Waals surface area (Å²) in [6.45, 7) is 3.63. The Hall–Kier alpha value is -3.79. The van der Waals surface area contributed by atoms with Gasteiger partial charge in [-0.2, -0.15) is 0 Å². The predicted octanol–water partition coefficient (Wildman–Crippen LogP) is 4.06. The molecule has 2 aromatic heterocycles. The number of carbonyl (C=O) groups is 4. The molecule has 34 heavy (non-hydrogen) atoms. The van der Waals surface area contributed by atoms with Crippen LogP contribution in [0.2, 0.25) is 0 Å². The molecule has 1 aliphatic rings. The molecule has 1 fully saturated rings. The SMILES string of the molecule is CCOC(=O)[C@H](C)N1C(=O)S/C(=C/c2cn(Cc3ccc(C(=O)OC)o3)c3ccccc23)C1=O. The van der Waals surface area contributed by atoms with Gasteiger partial charge < -0.3 is 18.5 Å². The van der Waals surface area contributed by atoms with Crippen LogP contribution in [0.25, 0.3) is 17.0 Å². The fourth-order valence-corrected chi connectivity index (χ4v) is 4.58. The molecule has 9 nitrogen and oxygen atoms in total. The number of methoxy groups -OCH3 is 1. The first-order chi connectivity index (χ1) is 16.3. The number of esters is 2. The molecule has 3 heterocycles. The van der Waals surface area contributed by atoms with E-state index in [2.05, 4.69) is 4.74 Å². The van der Waals surface area contributed by atoms with Crippen molar-refractivity contribution in [3.05, 3.63) is 64.6 Å². The Bertz CT molecular complexity index is 1320. The number of thioether (sulfide) groups is 1. The number of imide groups is 1. The molecule has 0 N–H and O–H groups in total. The van der Waals surface area contributed by atoms with Crippen LogP contribution in [0.4, 0.5) is 4.79 Å². The quantitative estimate of drug-likeness (QED) is 0.367. The van der Waals surface area contributed by atoms with Crippen LogP contribution in [-0.4, -0.2) is 52.3 Å². The summed E-state index contributed by atoms with van der Waals surface area (Å²) in [5.74, 6) is -1.07. The molecule has 176 valence electrons. The number of rotatable bonds is 7. The lowest BCUT2D eigenvalue weighted by molar-refractivity contribution is -0.150. The van der Waals surface area contributed by atoms with Crippen LogP contribution in [0, 0.1) is 0 Å². The monoisotopic (exact) mass is 482 g/mol. The van der Waals surface area contributed by atoms with Crippen LogP contribution in [0.1, 0.15) is 35.7 Å². The van der Waals surface area contributed by atoms with Gasteiger partial charge in [0.25, 0.3) is 11.1 Å². The molecule has 4 rings (SSSR count). The Morgan fingerprint density at radius 1 is 1.18 bits per heavy atom. The first-order valence-corrected chi connectivity index (χ1v) is 11.3.